The van der Waals surface area contributed by atoms with Crippen LogP contribution in [0.15, 0.2) is 49.1 Å². The molecule has 0 amide bonds. The zero-order valence-electron chi connectivity index (χ0n) is 21.1. The summed E-state index contributed by atoms with van der Waals surface area (Å²) in [4.78, 5) is 13.4. The molecule has 10 heteroatoms. The van der Waals surface area contributed by atoms with Crippen LogP contribution in [0, 0.1) is 5.92 Å². The molecule has 1 fully saturated rings. The minimum absolute atomic E-state index is 0.0250. The minimum atomic E-state index is -0.866. The third kappa shape index (κ3) is 3.83. The molecule has 1 aromatic carbocycles. The molecule has 7 rings (SSSR count). The number of aliphatic hydroxyl groups is 2. The van der Waals surface area contributed by atoms with Gasteiger partial charge in [0.15, 0.2) is 0 Å². The monoisotopic (exact) mass is 510 g/mol. The number of nitrogen functional groups attached to an aromatic ring is 1. The molecule has 2 aliphatic rings. The van der Waals surface area contributed by atoms with E-state index in [1.807, 2.05) is 30.1 Å². The first-order valence-corrected chi connectivity index (χ1v) is 13.2. The molecule has 4 aromatic heterocycles. The van der Waals surface area contributed by atoms with Gasteiger partial charge in [-0.25, -0.2) is 9.97 Å². The maximum atomic E-state index is 10.9. The summed E-state index contributed by atoms with van der Waals surface area (Å²) in [7, 11) is 1.89. The first-order chi connectivity index (χ1) is 18.4. The van der Waals surface area contributed by atoms with Crippen molar-refractivity contribution >= 4 is 27.8 Å². The lowest BCUT2D eigenvalue weighted by molar-refractivity contribution is 0.00545. The second-order valence-electron chi connectivity index (χ2n) is 10.8. The van der Waals surface area contributed by atoms with E-state index in [2.05, 4.69) is 44.5 Å². The van der Waals surface area contributed by atoms with Gasteiger partial charge in [-0.1, -0.05) is 17.3 Å². The fraction of sp³-hybridized carbons (Fsp3) is 0.393. The summed E-state index contributed by atoms with van der Waals surface area (Å²) in [6.07, 6.45) is 7.71. The first-order valence-electron chi connectivity index (χ1n) is 13.2. The Morgan fingerprint density at radius 1 is 1.08 bits per heavy atom. The van der Waals surface area contributed by atoms with Gasteiger partial charge in [-0.05, 0) is 67.3 Å². The van der Waals surface area contributed by atoms with Crippen LogP contribution in [-0.4, -0.2) is 56.9 Å². The van der Waals surface area contributed by atoms with Crippen molar-refractivity contribution in [2.45, 2.75) is 56.3 Å². The van der Waals surface area contributed by atoms with Crippen molar-refractivity contribution in [3.05, 3.63) is 71.6 Å². The van der Waals surface area contributed by atoms with Crippen LogP contribution < -0.4 is 5.73 Å². The molecule has 194 valence electrons. The van der Waals surface area contributed by atoms with Gasteiger partial charge in [0, 0.05) is 36.4 Å². The molecule has 5 aromatic rings. The first kappa shape index (κ1) is 23.2. The minimum Gasteiger partial charge on any atom is -0.390 e. The van der Waals surface area contributed by atoms with E-state index in [4.69, 9.17) is 10.7 Å². The van der Waals surface area contributed by atoms with Gasteiger partial charge in [0.1, 0.15) is 23.9 Å². The van der Waals surface area contributed by atoms with Crippen LogP contribution in [0.3, 0.4) is 0 Å². The maximum Gasteiger partial charge on any atom is 0.145 e. The predicted molar refractivity (Wildman–Crippen MR) is 142 cm³/mol. The highest BCUT2D eigenvalue weighted by atomic mass is 16.3. The van der Waals surface area contributed by atoms with Crippen molar-refractivity contribution in [2.75, 3.05) is 5.73 Å². The van der Waals surface area contributed by atoms with Crippen molar-refractivity contribution in [2.24, 2.45) is 13.0 Å². The Bertz CT molecular complexity index is 1660. The van der Waals surface area contributed by atoms with Gasteiger partial charge in [0.25, 0.3) is 0 Å². The van der Waals surface area contributed by atoms with Crippen LogP contribution in [-0.2, 0) is 26.3 Å². The Morgan fingerprint density at radius 3 is 2.82 bits per heavy atom. The molecular weight excluding hydrogens is 480 g/mol. The summed E-state index contributed by atoms with van der Waals surface area (Å²) >= 11 is 0. The Hall–Kier alpha value is -3.89. The van der Waals surface area contributed by atoms with Crippen molar-refractivity contribution < 1.29 is 10.2 Å². The van der Waals surface area contributed by atoms with E-state index in [1.165, 1.54) is 17.5 Å². The van der Waals surface area contributed by atoms with Crippen molar-refractivity contribution in [3.8, 4) is 0 Å². The SMILES string of the molecule is Cn1cc([C@@H]2Cc3cc4ccc(CC[C@H]5C[C@@H](n6ccc7c(N)ncnc76)[C@H](O)[C@@H]5O)cc4nc3C2)nn1. The van der Waals surface area contributed by atoms with E-state index < -0.39 is 12.2 Å². The number of nitrogens with zero attached hydrogens (tertiary/aromatic N) is 7. The Balaban J connectivity index is 1.07. The lowest BCUT2D eigenvalue weighted by Crippen LogP contribution is -2.29. The number of anilines is 1. The maximum absolute atomic E-state index is 10.9. The van der Waals surface area contributed by atoms with E-state index in [0.717, 1.165) is 53.4 Å². The second kappa shape index (κ2) is 8.85. The topological polar surface area (TPSA) is 141 Å². The van der Waals surface area contributed by atoms with Crippen molar-refractivity contribution in [1.29, 1.82) is 0 Å². The molecule has 1 saturated carbocycles. The molecule has 0 radical (unpaired) electrons. The number of rotatable bonds is 5. The molecule has 0 spiro atoms. The van der Waals surface area contributed by atoms with Crippen LogP contribution in [0.2, 0.25) is 0 Å². The van der Waals surface area contributed by atoms with Crippen LogP contribution in [0.5, 0.6) is 0 Å². The number of pyridine rings is 1. The summed E-state index contributed by atoms with van der Waals surface area (Å²) in [5.41, 5.74) is 12.3. The number of fused-ring (bicyclic) bond motifs is 3. The molecule has 0 unspecified atom stereocenters. The second-order valence-corrected chi connectivity index (χ2v) is 10.8. The zero-order valence-corrected chi connectivity index (χ0v) is 21.1. The Labute approximate surface area is 219 Å². The van der Waals surface area contributed by atoms with Gasteiger partial charge in [0.05, 0.1) is 28.7 Å². The van der Waals surface area contributed by atoms with E-state index in [-0.39, 0.29) is 12.0 Å². The summed E-state index contributed by atoms with van der Waals surface area (Å²) in [5.74, 6) is 0.715. The lowest BCUT2D eigenvalue weighted by atomic mass is 9.95. The van der Waals surface area contributed by atoms with Crippen molar-refractivity contribution in [1.82, 2.24) is 34.5 Å². The summed E-state index contributed by atoms with van der Waals surface area (Å²) in [6.45, 7) is 0. The number of aryl methyl sites for hydroxylation is 2. The highest BCUT2D eigenvalue weighted by Crippen LogP contribution is 2.40. The van der Waals surface area contributed by atoms with Crippen LogP contribution >= 0.6 is 0 Å². The normalized spacial score (nSPS) is 25.0. The van der Waals surface area contributed by atoms with Gasteiger partial charge in [-0.15, -0.1) is 5.10 Å². The van der Waals surface area contributed by atoms with E-state index in [9.17, 15) is 10.2 Å². The van der Waals surface area contributed by atoms with Gasteiger partial charge in [-0.2, -0.15) is 0 Å². The van der Waals surface area contributed by atoms with E-state index >= 15 is 0 Å². The number of aliphatic hydroxyl groups excluding tert-OH is 2. The summed E-state index contributed by atoms with van der Waals surface area (Å²) in [5, 5.41) is 32.1. The third-order valence-electron chi connectivity index (χ3n) is 8.47. The molecule has 0 saturated heterocycles. The Morgan fingerprint density at radius 2 is 1.97 bits per heavy atom. The molecule has 4 N–H and O–H groups in total. The quantitative estimate of drug-likeness (QED) is 0.328. The average molecular weight is 511 g/mol. The number of nitrogens with two attached hydrogens (primary N) is 1. The fourth-order valence-electron chi connectivity index (χ4n) is 6.41. The Kier molecular flexibility index (Phi) is 5.41. The summed E-state index contributed by atoms with van der Waals surface area (Å²) < 4.78 is 3.68. The third-order valence-corrected chi connectivity index (χ3v) is 8.47. The molecule has 0 aliphatic heterocycles. The van der Waals surface area contributed by atoms with Crippen LogP contribution in [0.1, 0.15) is 47.3 Å². The standard InChI is InChI=1S/C28H30N8O2/c1-35-13-23(33-34-35)19-10-18-9-16-4-2-15(8-21(16)32-22(18)11-19)3-5-17-12-24(26(38)25(17)37)36-7-6-20-27(29)30-14-31-28(20)36/h2,4,6-9,13-14,17,19,24-26,37-38H,3,5,10-12H2,1H3,(H2,29,30,31)/t17-,19+,24+,25+,26-/m0/s1. The highest BCUT2D eigenvalue weighted by molar-refractivity contribution is 5.86. The van der Waals surface area contributed by atoms with Crippen LogP contribution in [0.4, 0.5) is 5.82 Å². The molecule has 10 nitrogen and oxygen atoms in total. The van der Waals surface area contributed by atoms with Crippen molar-refractivity contribution in [3.63, 3.8) is 0 Å². The van der Waals surface area contributed by atoms with Gasteiger partial charge in [-0.3, -0.25) is 9.67 Å². The van der Waals surface area contributed by atoms with Gasteiger partial charge < -0.3 is 20.5 Å². The molecule has 5 atom stereocenters. The number of aromatic nitrogens is 7. The van der Waals surface area contributed by atoms with Gasteiger partial charge in [0.2, 0.25) is 0 Å². The smallest absolute Gasteiger partial charge is 0.145 e. The molecular formula is C28H30N8O2. The zero-order chi connectivity index (χ0) is 26.0. The molecule has 2 aliphatic carbocycles. The van der Waals surface area contributed by atoms with E-state index in [1.54, 1.807) is 4.68 Å². The number of hydrogen-bond acceptors (Lipinski definition) is 8. The average Bonchev–Trinajstić information content (AvgIpc) is 3.69. The lowest BCUT2D eigenvalue weighted by Gasteiger charge is -2.19. The predicted octanol–water partition coefficient (Wildman–Crippen LogP) is 2.49. The van der Waals surface area contributed by atoms with Crippen LogP contribution in [0.25, 0.3) is 21.9 Å². The molecule has 4 heterocycles. The fourth-order valence-corrected chi connectivity index (χ4v) is 6.41. The van der Waals surface area contributed by atoms with Gasteiger partial charge >= 0.3 is 0 Å². The molecule has 0 bridgehead atoms. The largest absolute Gasteiger partial charge is 0.390 e. The summed E-state index contributed by atoms with van der Waals surface area (Å²) in [6, 6.07) is 10.3. The molecule has 38 heavy (non-hydrogen) atoms. The van der Waals surface area contributed by atoms with E-state index in [0.29, 0.717) is 23.8 Å². The number of benzene rings is 1. The highest BCUT2D eigenvalue weighted by Gasteiger charge is 2.42. The number of hydrogen-bond donors (Lipinski definition) is 3.